The van der Waals surface area contributed by atoms with Gasteiger partial charge in [-0.2, -0.15) is 0 Å². The van der Waals surface area contributed by atoms with Gasteiger partial charge in [0.1, 0.15) is 5.56 Å². The summed E-state index contributed by atoms with van der Waals surface area (Å²) >= 11 is 3.40. The third-order valence-corrected chi connectivity index (χ3v) is 3.83. The number of carboxylic acids is 1. The number of benzene rings is 2. The third-order valence-electron chi connectivity index (χ3n) is 2.97. The first-order valence-electron chi connectivity index (χ1n) is 5.94. The number of hydrogen-bond donors (Lipinski definition) is 2. The number of nitrogens with one attached hydrogen (secondary N) is 1. The molecule has 0 radical (unpaired) electrons. The van der Waals surface area contributed by atoms with Crippen LogP contribution in [-0.2, 0) is 0 Å². The Morgan fingerprint density at radius 3 is 2.67 bits per heavy atom. The zero-order valence-electron chi connectivity index (χ0n) is 11.0. The number of hydrogen-bond acceptors (Lipinski definition) is 4. The SMILES string of the molecule is Cc1c(Br)cccc1Nc1ccc([N+](=O)[O-])c(C(=O)O)c1. The van der Waals surface area contributed by atoms with Gasteiger partial charge in [-0.25, -0.2) is 4.79 Å². The number of anilines is 2. The van der Waals surface area contributed by atoms with Crippen LogP contribution in [0.2, 0.25) is 0 Å². The van der Waals surface area contributed by atoms with Crippen LogP contribution in [0, 0.1) is 17.0 Å². The number of carbonyl (C=O) groups is 1. The van der Waals surface area contributed by atoms with E-state index in [-0.39, 0.29) is 5.56 Å². The van der Waals surface area contributed by atoms with E-state index in [0.29, 0.717) is 5.69 Å². The van der Waals surface area contributed by atoms with E-state index in [2.05, 4.69) is 21.2 Å². The number of carboxylic acid groups (broad SMARTS) is 1. The molecule has 21 heavy (non-hydrogen) atoms. The average Bonchev–Trinajstić information content (AvgIpc) is 2.43. The van der Waals surface area contributed by atoms with Crippen molar-refractivity contribution < 1.29 is 14.8 Å². The fourth-order valence-corrected chi connectivity index (χ4v) is 2.21. The van der Waals surface area contributed by atoms with Crippen molar-refractivity contribution in [1.82, 2.24) is 0 Å². The van der Waals surface area contributed by atoms with Gasteiger partial charge in [0.25, 0.3) is 5.69 Å². The van der Waals surface area contributed by atoms with Crippen molar-refractivity contribution in [2.75, 3.05) is 5.32 Å². The second kappa shape index (κ2) is 5.92. The Hall–Kier alpha value is -2.41. The second-order valence-electron chi connectivity index (χ2n) is 4.33. The maximum absolute atomic E-state index is 11.1. The highest BCUT2D eigenvalue weighted by molar-refractivity contribution is 9.10. The molecular weight excluding hydrogens is 340 g/mol. The van der Waals surface area contributed by atoms with Gasteiger partial charge in [-0.15, -0.1) is 0 Å². The minimum Gasteiger partial charge on any atom is -0.477 e. The zero-order valence-corrected chi connectivity index (χ0v) is 12.5. The minimum absolute atomic E-state index is 0.349. The van der Waals surface area contributed by atoms with Gasteiger partial charge in [-0.1, -0.05) is 22.0 Å². The molecule has 0 unspecified atom stereocenters. The molecule has 0 aliphatic rings. The molecule has 2 aromatic rings. The first kappa shape index (κ1) is 15.0. The molecule has 6 nitrogen and oxygen atoms in total. The summed E-state index contributed by atoms with van der Waals surface area (Å²) in [6.45, 7) is 1.90. The van der Waals surface area contributed by atoms with Gasteiger partial charge in [-0.05, 0) is 36.8 Å². The Kier molecular flexibility index (Phi) is 4.23. The van der Waals surface area contributed by atoms with E-state index < -0.39 is 16.6 Å². The lowest BCUT2D eigenvalue weighted by atomic mass is 10.1. The van der Waals surface area contributed by atoms with Crippen LogP contribution in [0.4, 0.5) is 17.1 Å². The van der Waals surface area contributed by atoms with Crippen molar-refractivity contribution in [3.63, 3.8) is 0 Å². The lowest BCUT2D eigenvalue weighted by molar-refractivity contribution is -0.385. The number of rotatable bonds is 4. The van der Waals surface area contributed by atoms with Crippen LogP contribution in [0.5, 0.6) is 0 Å². The molecule has 0 heterocycles. The van der Waals surface area contributed by atoms with E-state index in [1.807, 2.05) is 25.1 Å². The van der Waals surface area contributed by atoms with E-state index in [0.717, 1.165) is 15.7 Å². The highest BCUT2D eigenvalue weighted by Crippen LogP contribution is 2.29. The van der Waals surface area contributed by atoms with Crippen molar-refractivity contribution in [2.45, 2.75) is 6.92 Å². The van der Waals surface area contributed by atoms with E-state index in [1.54, 1.807) is 0 Å². The van der Waals surface area contributed by atoms with Crippen LogP contribution in [0.25, 0.3) is 0 Å². The van der Waals surface area contributed by atoms with Gasteiger partial charge in [-0.3, -0.25) is 10.1 Å². The van der Waals surface area contributed by atoms with E-state index >= 15 is 0 Å². The molecule has 0 spiro atoms. The monoisotopic (exact) mass is 350 g/mol. The number of aromatic carboxylic acids is 1. The molecule has 0 atom stereocenters. The summed E-state index contributed by atoms with van der Waals surface area (Å²) in [6, 6.07) is 9.47. The van der Waals surface area contributed by atoms with E-state index in [4.69, 9.17) is 5.11 Å². The topological polar surface area (TPSA) is 92.5 Å². The highest BCUT2D eigenvalue weighted by atomic mass is 79.9. The van der Waals surface area contributed by atoms with Gasteiger partial charge >= 0.3 is 5.97 Å². The predicted octanol–water partition coefficient (Wildman–Crippen LogP) is 4.11. The largest absolute Gasteiger partial charge is 0.477 e. The second-order valence-corrected chi connectivity index (χ2v) is 5.19. The fraction of sp³-hybridized carbons (Fsp3) is 0.0714. The van der Waals surface area contributed by atoms with Crippen molar-refractivity contribution in [3.8, 4) is 0 Å². The molecule has 0 aliphatic heterocycles. The molecule has 0 saturated carbocycles. The van der Waals surface area contributed by atoms with Gasteiger partial charge in [0.05, 0.1) is 4.92 Å². The number of halogens is 1. The fourth-order valence-electron chi connectivity index (χ4n) is 1.84. The molecular formula is C14H11BrN2O4. The lowest BCUT2D eigenvalue weighted by Gasteiger charge is -2.11. The molecule has 108 valence electrons. The van der Waals surface area contributed by atoms with Crippen LogP contribution in [0.3, 0.4) is 0 Å². The summed E-state index contributed by atoms with van der Waals surface area (Å²) in [6.07, 6.45) is 0. The summed E-state index contributed by atoms with van der Waals surface area (Å²) < 4.78 is 0.910. The summed E-state index contributed by atoms with van der Waals surface area (Å²) in [4.78, 5) is 21.2. The van der Waals surface area contributed by atoms with Crippen LogP contribution in [0.15, 0.2) is 40.9 Å². The standard InChI is InChI=1S/C14H11BrN2O4/c1-8-11(15)3-2-4-12(8)16-9-5-6-13(17(20)21)10(7-9)14(18)19/h2-7,16H,1H3,(H,18,19). The summed E-state index contributed by atoms with van der Waals surface area (Å²) in [7, 11) is 0. The molecule has 0 aliphatic carbocycles. The summed E-state index contributed by atoms with van der Waals surface area (Å²) in [5.74, 6) is -1.34. The van der Waals surface area contributed by atoms with Gasteiger partial charge in [0, 0.05) is 21.9 Å². The predicted molar refractivity (Wildman–Crippen MR) is 82.2 cm³/mol. The normalized spacial score (nSPS) is 10.2. The Morgan fingerprint density at radius 2 is 2.05 bits per heavy atom. The number of nitro benzene ring substituents is 1. The molecule has 7 heteroatoms. The Morgan fingerprint density at radius 1 is 1.33 bits per heavy atom. The van der Waals surface area contributed by atoms with E-state index in [9.17, 15) is 14.9 Å². The van der Waals surface area contributed by atoms with Crippen molar-refractivity contribution in [3.05, 3.63) is 62.1 Å². The van der Waals surface area contributed by atoms with Crippen molar-refractivity contribution >= 4 is 39.0 Å². The Balaban J connectivity index is 2.42. The number of nitrogens with zero attached hydrogens (tertiary/aromatic N) is 1. The maximum atomic E-state index is 11.1. The first-order chi connectivity index (χ1) is 9.90. The van der Waals surface area contributed by atoms with Gasteiger partial charge in [0.15, 0.2) is 0 Å². The molecule has 0 fully saturated rings. The highest BCUT2D eigenvalue weighted by Gasteiger charge is 2.20. The van der Waals surface area contributed by atoms with Gasteiger partial charge < -0.3 is 10.4 Å². The maximum Gasteiger partial charge on any atom is 0.342 e. The summed E-state index contributed by atoms with van der Waals surface area (Å²) in [5.41, 5.74) is 1.43. The van der Waals surface area contributed by atoms with Crippen molar-refractivity contribution in [2.24, 2.45) is 0 Å². The van der Waals surface area contributed by atoms with Crippen LogP contribution >= 0.6 is 15.9 Å². The summed E-state index contributed by atoms with van der Waals surface area (Å²) in [5, 5.41) is 22.9. The quantitative estimate of drug-likeness (QED) is 0.639. The molecule has 0 saturated heterocycles. The molecule has 0 aromatic heterocycles. The molecule has 0 bridgehead atoms. The molecule has 0 amide bonds. The Labute approximate surface area is 128 Å². The zero-order chi connectivity index (χ0) is 15.6. The van der Waals surface area contributed by atoms with Crippen LogP contribution in [-0.4, -0.2) is 16.0 Å². The minimum atomic E-state index is -1.34. The van der Waals surface area contributed by atoms with Crippen LogP contribution in [0.1, 0.15) is 15.9 Å². The average molecular weight is 351 g/mol. The third kappa shape index (κ3) is 3.19. The molecule has 2 aromatic carbocycles. The number of nitro groups is 1. The molecule has 2 N–H and O–H groups in total. The van der Waals surface area contributed by atoms with Crippen molar-refractivity contribution in [1.29, 1.82) is 0 Å². The van der Waals surface area contributed by atoms with Gasteiger partial charge in [0.2, 0.25) is 0 Å². The lowest BCUT2D eigenvalue weighted by Crippen LogP contribution is -2.04. The van der Waals surface area contributed by atoms with Crippen LogP contribution < -0.4 is 5.32 Å². The smallest absolute Gasteiger partial charge is 0.342 e. The molecule has 2 rings (SSSR count). The first-order valence-corrected chi connectivity index (χ1v) is 6.73. The van der Waals surface area contributed by atoms with E-state index in [1.165, 1.54) is 18.2 Å². The Bertz CT molecular complexity index is 731.